The second kappa shape index (κ2) is 9.20. The molecule has 1 aliphatic rings. The van der Waals surface area contributed by atoms with Crippen LogP contribution in [0.3, 0.4) is 0 Å². The van der Waals surface area contributed by atoms with Gasteiger partial charge in [0.05, 0.1) is 19.3 Å². The molecule has 0 saturated carbocycles. The first-order valence-electron chi connectivity index (χ1n) is 10.7. The van der Waals surface area contributed by atoms with Gasteiger partial charge in [0.1, 0.15) is 5.75 Å². The zero-order chi connectivity index (χ0) is 23.6. The van der Waals surface area contributed by atoms with Crippen molar-refractivity contribution >= 4 is 17.7 Å². The first-order valence-corrected chi connectivity index (χ1v) is 10.7. The van der Waals surface area contributed by atoms with Crippen LogP contribution in [0.25, 0.3) is 11.1 Å². The van der Waals surface area contributed by atoms with E-state index in [1.165, 1.54) is 7.11 Å². The molecule has 7 heteroatoms. The Kier molecular flexibility index (Phi) is 6.79. The van der Waals surface area contributed by atoms with Gasteiger partial charge < -0.3 is 19.3 Å². The minimum Gasteiger partial charge on any atom is -0.493 e. The maximum Gasteiger partial charge on any atom is 0.411 e. The molecule has 0 bridgehead atoms. The first-order chi connectivity index (χ1) is 15.0. The monoisotopic (exact) mass is 441 g/mol. The Morgan fingerprint density at radius 3 is 2.53 bits per heavy atom. The predicted molar refractivity (Wildman–Crippen MR) is 122 cm³/mol. The Morgan fingerprint density at radius 2 is 1.91 bits per heavy atom. The number of hydrogen-bond acceptors (Lipinski definition) is 5. The lowest BCUT2D eigenvalue weighted by molar-refractivity contribution is -0.160. The summed E-state index contributed by atoms with van der Waals surface area (Å²) in [5.41, 5.74) is 4.49. The molecule has 1 heterocycles. The molecule has 32 heavy (non-hydrogen) atoms. The van der Waals surface area contributed by atoms with E-state index in [4.69, 9.17) is 14.2 Å². The molecule has 0 aliphatic carbocycles. The third-order valence-corrected chi connectivity index (χ3v) is 5.41. The average Bonchev–Trinajstić information content (AvgIpc) is 2.73. The molecule has 0 aromatic heterocycles. The standard InChI is InChI=1S/C25H31NO6/c1-14-12-18(26-24(29)30-6)15(2)21(22(23(27)28)32-25(3,4)5)20(14)17-9-10-19-16(13-17)8-7-11-31-19/h9-10,12-13,22H,7-8,11H2,1-6H3,(H,26,29)(H,27,28). The lowest BCUT2D eigenvalue weighted by Gasteiger charge is -2.29. The lowest BCUT2D eigenvalue weighted by Crippen LogP contribution is -2.28. The maximum absolute atomic E-state index is 12.4. The molecule has 1 aliphatic heterocycles. The van der Waals surface area contributed by atoms with Gasteiger partial charge in [0.15, 0.2) is 6.10 Å². The number of amides is 1. The number of hydrogen-bond donors (Lipinski definition) is 2. The van der Waals surface area contributed by atoms with Crippen LogP contribution in [0, 0.1) is 13.8 Å². The number of carbonyl (C=O) groups excluding carboxylic acids is 1. The molecule has 1 unspecified atom stereocenters. The van der Waals surface area contributed by atoms with Crippen LogP contribution in [0.1, 0.15) is 55.5 Å². The van der Waals surface area contributed by atoms with Crippen LogP contribution in [0.4, 0.5) is 10.5 Å². The van der Waals surface area contributed by atoms with Crippen molar-refractivity contribution in [3.63, 3.8) is 0 Å². The number of carboxylic acid groups (broad SMARTS) is 1. The predicted octanol–water partition coefficient (Wildman–Crippen LogP) is 5.41. The molecule has 2 N–H and O–H groups in total. The number of aryl methyl sites for hydroxylation is 2. The van der Waals surface area contributed by atoms with E-state index < -0.39 is 23.8 Å². The Hall–Kier alpha value is -3.06. The second-order valence-corrected chi connectivity index (χ2v) is 8.99. The number of carboxylic acids is 1. The van der Waals surface area contributed by atoms with Gasteiger partial charge in [-0.15, -0.1) is 0 Å². The summed E-state index contributed by atoms with van der Waals surface area (Å²) in [5, 5.41) is 12.8. The number of anilines is 1. The van der Waals surface area contributed by atoms with Gasteiger partial charge in [-0.1, -0.05) is 6.07 Å². The van der Waals surface area contributed by atoms with Crippen molar-refractivity contribution in [3.05, 3.63) is 46.5 Å². The highest BCUT2D eigenvalue weighted by Crippen LogP contribution is 2.42. The fourth-order valence-electron chi connectivity index (χ4n) is 4.05. The molecule has 1 atom stereocenters. The van der Waals surface area contributed by atoms with Crippen molar-refractivity contribution in [1.29, 1.82) is 0 Å². The van der Waals surface area contributed by atoms with Crippen LogP contribution in [-0.4, -0.2) is 36.5 Å². The van der Waals surface area contributed by atoms with Crippen LogP contribution in [0.2, 0.25) is 0 Å². The summed E-state index contributed by atoms with van der Waals surface area (Å²) in [6.45, 7) is 9.83. The third-order valence-electron chi connectivity index (χ3n) is 5.41. The van der Waals surface area contributed by atoms with E-state index in [9.17, 15) is 14.7 Å². The molecule has 0 fully saturated rings. The molecule has 2 aromatic rings. The number of rotatable bonds is 5. The van der Waals surface area contributed by atoms with Crippen molar-refractivity contribution in [3.8, 4) is 16.9 Å². The summed E-state index contributed by atoms with van der Waals surface area (Å²) >= 11 is 0. The third kappa shape index (κ3) is 5.05. The van der Waals surface area contributed by atoms with Crippen LogP contribution in [-0.2, 0) is 20.7 Å². The van der Waals surface area contributed by atoms with Crippen LogP contribution >= 0.6 is 0 Å². The molecule has 0 radical (unpaired) electrons. The highest BCUT2D eigenvalue weighted by atomic mass is 16.5. The molecule has 0 saturated heterocycles. The fourth-order valence-corrected chi connectivity index (χ4v) is 4.05. The first kappa shape index (κ1) is 23.6. The van der Waals surface area contributed by atoms with E-state index in [-0.39, 0.29) is 0 Å². The Bertz CT molecular complexity index is 1040. The fraction of sp³-hybridized carbons (Fsp3) is 0.440. The van der Waals surface area contributed by atoms with E-state index >= 15 is 0 Å². The van der Waals surface area contributed by atoms with Gasteiger partial charge in [-0.3, -0.25) is 5.32 Å². The van der Waals surface area contributed by atoms with E-state index in [0.717, 1.165) is 40.8 Å². The Morgan fingerprint density at radius 1 is 1.19 bits per heavy atom. The smallest absolute Gasteiger partial charge is 0.411 e. The lowest BCUT2D eigenvalue weighted by atomic mass is 9.86. The van der Waals surface area contributed by atoms with Gasteiger partial charge in [-0.25, -0.2) is 9.59 Å². The summed E-state index contributed by atoms with van der Waals surface area (Å²) in [5.74, 6) is -0.235. The summed E-state index contributed by atoms with van der Waals surface area (Å²) in [6.07, 6.45) is -0.00998. The zero-order valence-corrected chi connectivity index (χ0v) is 19.5. The number of benzene rings is 2. The van der Waals surface area contributed by atoms with Gasteiger partial charge in [0, 0.05) is 11.3 Å². The molecular formula is C25H31NO6. The number of carbonyl (C=O) groups is 2. The van der Waals surface area contributed by atoms with Crippen molar-refractivity contribution in [2.75, 3.05) is 19.0 Å². The number of fused-ring (bicyclic) bond motifs is 1. The van der Waals surface area contributed by atoms with Crippen LogP contribution < -0.4 is 10.1 Å². The Balaban J connectivity index is 2.27. The normalized spacial score (nSPS) is 14.2. The molecule has 0 spiro atoms. The van der Waals surface area contributed by atoms with Crippen molar-refractivity contribution < 1.29 is 28.9 Å². The molecule has 1 amide bonds. The minimum absolute atomic E-state index is 0.484. The van der Waals surface area contributed by atoms with Gasteiger partial charge in [0.25, 0.3) is 0 Å². The summed E-state index contributed by atoms with van der Waals surface area (Å²) in [7, 11) is 1.28. The van der Waals surface area contributed by atoms with Crippen molar-refractivity contribution in [1.82, 2.24) is 0 Å². The van der Waals surface area contributed by atoms with E-state index in [0.29, 0.717) is 23.4 Å². The molecular weight excluding hydrogens is 410 g/mol. The van der Waals surface area contributed by atoms with Crippen LogP contribution in [0.5, 0.6) is 5.75 Å². The largest absolute Gasteiger partial charge is 0.493 e. The number of methoxy groups -OCH3 is 1. The summed E-state index contributed by atoms with van der Waals surface area (Å²) < 4.78 is 16.5. The highest BCUT2D eigenvalue weighted by molar-refractivity contribution is 5.90. The molecule has 172 valence electrons. The summed E-state index contributed by atoms with van der Waals surface area (Å²) in [4.78, 5) is 24.3. The topological polar surface area (TPSA) is 94.1 Å². The maximum atomic E-state index is 12.4. The number of ether oxygens (including phenoxy) is 3. The molecule has 3 rings (SSSR count). The average molecular weight is 442 g/mol. The minimum atomic E-state index is -1.23. The van der Waals surface area contributed by atoms with Crippen molar-refractivity contribution in [2.45, 2.75) is 59.2 Å². The van der Waals surface area contributed by atoms with Gasteiger partial charge in [-0.05, 0) is 93.5 Å². The Labute approximate surface area is 188 Å². The number of aliphatic carboxylic acids is 1. The van der Waals surface area contributed by atoms with Gasteiger partial charge >= 0.3 is 12.1 Å². The zero-order valence-electron chi connectivity index (χ0n) is 19.5. The van der Waals surface area contributed by atoms with E-state index in [1.54, 1.807) is 6.92 Å². The quantitative estimate of drug-likeness (QED) is 0.644. The van der Waals surface area contributed by atoms with Gasteiger partial charge in [-0.2, -0.15) is 0 Å². The van der Waals surface area contributed by atoms with E-state index in [2.05, 4.69) is 11.4 Å². The molecule has 2 aromatic carbocycles. The molecule has 7 nitrogen and oxygen atoms in total. The summed E-state index contributed by atoms with van der Waals surface area (Å²) in [6, 6.07) is 7.77. The van der Waals surface area contributed by atoms with E-state index in [1.807, 2.05) is 45.9 Å². The van der Waals surface area contributed by atoms with Crippen LogP contribution in [0.15, 0.2) is 24.3 Å². The highest BCUT2D eigenvalue weighted by Gasteiger charge is 2.32. The van der Waals surface area contributed by atoms with Crippen molar-refractivity contribution in [2.24, 2.45) is 0 Å². The second-order valence-electron chi connectivity index (χ2n) is 8.99. The SMILES string of the molecule is COC(=O)Nc1cc(C)c(-c2ccc3c(c2)CCCO3)c(C(OC(C)(C)C)C(=O)O)c1C. The number of nitrogens with one attached hydrogen (secondary N) is 1. The van der Waals surface area contributed by atoms with Gasteiger partial charge in [0.2, 0.25) is 0 Å².